The average Bonchev–Trinajstić information content (AvgIpc) is 2.82. The van der Waals surface area contributed by atoms with Crippen molar-refractivity contribution in [2.24, 2.45) is 0 Å². The van der Waals surface area contributed by atoms with Crippen LogP contribution in [0.15, 0.2) is 0 Å². The van der Waals surface area contributed by atoms with Crippen molar-refractivity contribution < 1.29 is 0 Å². The lowest BCUT2D eigenvalue weighted by molar-refractivity contribution is 0.0852. The molecule has 0 aliphatic carbocycles. The quantitative estimate of drug-likeness (QED) is 0.843. The summed E-state index contributed by atoms with van der Waals surface area (Å²) in [6.45, 7) is 9.89. The molecule has 3 fully saturated rings. The van der Waals surface area contributed by atoms with Crippen LogP contribution >= 0.6 is 0 Å². The second-order valence-electron chi connectivity index (χ2n) is 7.11. The third-order valence-electron chi connectivity index (χ3n) is 5.31. The molecule has 0 aromatic carbocycles. The summed E-state index contributed by atoms with van der Waals surface area (Å²) < 4.78 is 0. The van der Waals surface area contributed by atoms with Crippen molar-refractivity contribution in [2.75, 3.05) is 26.2 Å². The molecule has 3 unspecified atom stereocenters. The zero-order valence-corrected chi connectivity index (χ0v) is 12.8. The van der Waals surface area contributed by atoms with E-state index in [1.165, 1.54) is 64.7 Å². The van der Waals surface area contributed by atoms with Crippen molar-refractivity contribution in [1.82, 2.24) is 15.1 Å². The molecular weight excluding hydrogens is 234 g/mol. The number of nitrogens with one attached hydrogen (secondary N) is 1. The number of hydrogen-bond donors (Lipinski definition) is 1. The van der Waals surface area contributed by atoms with Crippen LogP contribution in [0.2, 0.25) is 0 Å². The van der Waals surface area contributed by atoms with E-state index < -0.39 is 0 Å². The van der Waals surface area contributed by atoms with Gasteiger partial charge in [-0.3, -0.25) is 9.80 Å². The van der Waals surface area contributed by atoms with Gasteiger partial charge in [0, 0.05) is 37.3 Å². The normalized spacial score (nSPS) is 37.7. The molecule has 3 aliphatic heterocycles. The number of nitrogens with zero attached hydrogens (tertiary/aromatic N) is 2. The molecule has 1 N–H and O–H groups in total. The van der Waals surface area contributed by atoms with Gasteiger partial charge in [-0.05, 0) is 45.2 Å². The molecule has 19 heavy (non-hydrogen) atoms. The van der Waals surface area contributed by atoms with Gasteiger partial charge in [-0.1, -0.05) is 20.3 Å². The van der Waals surface area contributed by atoms with Crippen molar-refractivity contribution in [3.8, 4) is 0 Å². The van der Waals surface area contributed by atoms with Crippen LogP contribution in [0.5, 0.6) is 0 Å². The fraction of sp³-hybridized carbons (Fsp3) is 1.00. The zero-order chi connectivity index (χ0) is 13.2. The van der Waals surface area contributed by atoms with E-state index in [1.807, 2.05) is 0 Å². The second kappa shape index (κ2) is 6.11. The summed E-state index contributed by atoms with van der Waals surface area (Å²) in [6.07, 6.45) is 8.51. The highest BCUT2D eigenvalue weighted by Gasteiger charge is 2.39. The van der Waals surface area contributed by atoms with Gasteiger partial charge in [-0.2, -0.15) is 0 Å². The van der Waals surface area contributed by atoms with Gasteiger partial charge in [0.1, 0.15) is 0 Å². The predicted molar refractivity (Wildman–Crippen MR) is 80.5 cm³/mol. The Balaban J connectivity index is 1.59. The van der Waals surface area contributed by atoms with E-state index in [-0.39, 0.29) is 0 Å². The molecule has 0 bridgehead atoms. The van der Waals surface area contributed by atoms with Crippen molar-refractivity contribution in [3.05, 3.63) is 0 Å². The molecule has 0 aromatic rings. The van der Waals surface area contributed by atoms with E-state index in [4.69, 9.17) is 0 Å². The van der Waals surface area contributed by atoms with Gasteiger partial charge in [0.15, 0.2) is 0 Å². The molecule has 3 saturated heterocycles. The molecule has 0 amide bonds. The van der Waals surface area contributed by atoms with E-state index in [9.17, 15) is 0 Å². The van der Waals surface area contributed by atoms with Gasteiger partial charge in [-0.25, -0.2) is 0 Å². The van der Waals surface area contributed by atoms with Gasteiger partial charge in [0.25, 0.3) is 0 Å². The molecule has 3 aliphatic rings. The second-order valence-corrected chi connectivity index (χ2v) is 7.11. The average molecular weight is 265 g/mol. The van der Waals surface area contributed by atoms with Crippen molar-refractivity contribution >= 4 is 0 Å². The third kappa shape index (κ3) is 3.14. The summed E-state index contributed by atoms with van der Waals surface area (Å²) in [7, 11) is 0. The van der Waals surface area contributed by atoms with Gasteiger partial charge in [0.2, 0.25) is 0 Å². The molecule has 0 radical (unpaired) electrons. The Morgan fingerprint density at radius 1 is 0.842 bits per heavy atom. The summed E-state index contributed by atoms with van der Waals surface area (Å²) >= 11 is 0. The molecule has 0 saturated carbocycles. The minimum atomic E-state index is 0.625. The summed E-state index contributed by atoms with van der Waals surface area (Å²) in [5, 5.41) is 3.75. The Kier molecular flexibility index (Phi) is 4.45. The molecule has 110 valence electrons. The number of hydrogen-bond acceptors (Lipinski definition) is 3. The maximum atomic E-state index is 3.75. The zero-order valence-electron chi connectivity index (χ0n) is 12.8. The van der Waals surface area contributed by atoms with E-state index in [2.05, 4.69) is 29.0 Å². The van der Waals surface area contributed by atoms with Gasteiger partial charge < -0.3 is 5.32 Å². The Hall–Kier alpha value is -0.120. The van der Waals surface area contributed by atoms with Gasteiger partial charge >= 0.3 is 0 Å². The topological polar surface area (TPSA) is 18.5 Å². The lowest BCUT2D eigenvalue weighted by Gasteiger charge is -2.42. The highest BCUT2D eigenvalue weighted by Crippen LogP contribution is 2.31. The van der Waals surface area contributed by atoms with Crippen LogP contribution in [-0.2, 0) is 0 Å². The fourth-order valence-electron chi connectivity index (χ4n) is 4.56. The number of likely N-dealkylation sites (tertiary alicyclic amines) is 1. The molecule has 0 aromatic heterocycles. The monoisotopic (exact) mass is 265 g/mol. The minimum Gasteiger partial charge on any atom is -0.311 e. The predicted octanol–water partition coefficient (Wildman–Crippen LogP) is 2.08. The molecule has 3 nitrogen and oxygen atoms in total. The first-order chi connectivity index (χ1) is 9.24. The molecule has 3 heteroatoms. The highest BCUT2D eigenvalue weighted by atomic mass is 15.3. The van der Waals surface area contributed by atoms with Gasteiger partial charge in [0.05, 0.1) is 0 Å². The van der Waals surface area contributed by atoms with Crippen LogP contribution in [-0.4, -0.2) is 60.1 Å². The number of rotatable bonds is 3. The van der Waals surface area contributed by atoms with E-state index in [1.54, 1.807) is 0 Å². The van der Waals surface area contributed by atoms with E-state index in [0.29, 0.717) is 6.04 Å². The lowest BCUT2D eigenvalue weighted by Crippen LogP contribution is -2.54. The van der Waals surface area contributed by atoms with Gasteiger partial charge in [-0.15, -0.1) is 0 Å². The first-order valence-corrected chi connectivity index (χ1v) is 8.48. The van der Waals surface area contributed by atoms with Crippen molar-refractivity contribution in [1.29, 1.82) is 0 Å². The van der Waals surface area contributed by atoms with Crippen LogP contribution in [0.1, 0.15) is 52.4 Å². The summed E-state index contributed by atoms with van der Waals surface area (Å²) in [5.41, 5.74) is 0. The largest absolute Gasteiger partial charge is 0.311 e. The van der Waals surface area contributed by atoms with Crippen molar-refractivity contribution in [2.45, 2.75) is 76.5 Å². The first-order valence-electron chi connectivity index (χ1n) is 8.48. The van der Waals surface area contributed by atoms with E-state index in [0.717, 1.165) is 18.1 Å². The molecular formula is C16H31N3. The third-order valence-corrected chi connectivity index (χ3v) is 5.31. The number of fused-ring (bicyclic) bond motifs is 1. The Morgan fingerprint density at radius 2 is 1.63 bits per heavy atom. The summed E-state index contributed by atoms with van der Waals surface area (Å²) in [5.74, 6) is 0. The van der Waals surface area contributed by atoms with E-state index >= 15 is 0 Å². The Bertz CT molecular complexity index is 292. The SMILES string of the molecule is CC(C)NC1CCCN(C2CCN3CCCCC23)C1. The Morgan fingerprint density at radius 3 is 2.47 bits per heavy atom. The minimum absolute atomic E-state index is 0.625. The van der Waals surface area contributed by atoms with Crippen LogP contribution < -0.4 is 5.32 Å². The van der Waals surface area contributed by atoms with Crippen LogP contribution in [0.4, 0.5) is 0 Å². The molecule has 3 heterocycles. The maximum absolute atomic E-state index is 3.75. The maximum Gasteiger partial charge on any atom is 0.0264 e. The van der Waals surface area contributed by atoms with Crippen LogP contribution in [0.3, 0.4) is 0 Å². The smallest absolute Gasteiger partial charge is 0.0264 e. The van der Waals surface area contributed by atoms with Crippen LogP contribution in [0, 0.1) is 0 Å². The highest BCUT2D eigenvalue weighted by molar-refractivity contribution is 4.97. The number of piperidine rings is 2. The standard InChI is InChI=1S/C16H31N3/c1-13(2)17-14-6-5-10-19(12-14)16-8-11-18-9-4-3-7-15(16)18/h13-17H,3-12H2,1-2H3. The van der Waals surface area contributed by atoms with Crippen LogP contribution in [0.25, 0.3) is 0 Å². The fourth-order valence-corrected chi connectivity index (χ4v) is 4.56. The summed E-state index contributed by atoms with van der Waals surface area (Å²) in [6, 6.07) is 3.09. The summed E-state index contributed by atoms with van der Waals surface area (Å²) in [4.78, 5) is 5.59. The molecule has 3 rings (SSSR count). The molecule has 3 atom stereocenters. The Labute approximate surface area is 118 Å². The lowest BCUT2D eigenvalue weighted by atomic mass is 9.95. The van der Waals surface area contributed by atoms with Crippen molar-refractivity contribution in [3.63, 3.8) is 0 Å². The first kappa shape index (κ1) is 13.8. The molecule has 0 spiro atoms.